The van der Waals surface area contributed by atoms with Crippen LogP contribution < -0.4 is 5.73 Å². The maximum absolute atomic E-state index is 5.86. The second-order valence-corrected chi connectivity index (χ2v) is 4.64. The molecule has 0 fully saturated rings. The lowest BCUT2D eigenvalue weighted by atomic mass is 10.2. The van der Waals surface area contributed by atoms with E-state index in [2.05, 4.69) is 28.9 Å². The van der Waals surface area contributed by atoms with Crippen molar-refractivity contribution in [3.05, 3.63) is 30.7 Å². The summed E-state index contributed by atoms with van der Waals surface area (Å²) in [6.45, 7) is 4.19. The van der Waals surface area contributed by atoms with E-state index >= 15 is 0 Å². The smallest absolute Gasteiger partial charge is 0.112 e. The quantitative estimate of drug-likeness (QED) is 0.756. The van der Waals surface area contributed by atoms with Crippen LogP contribution >= 0.6 is 12.4 Å². The summed E-state index contributed by atoms with van der Waals surface area (Å²) in [4.78, 5) is 7.65. The summed E-state index contributed by atoms with van der Waals surface area (Å²) in [5, 5.41) is 4.32. The van der Waals surface area contributed by atoms with Gasteiger partial charge >= 0.3 is 0 Å². The number of aromatic nitrogens is 4. The molecule has 19 heavy (non-hydrogen) atoms. The molecule has 0 saturated carbocycles. The molecule has 0 spiro atoms. The standard InChI is InChI=1S/C13H15N5.ClH/c1-8(2)18-7-9(5-16-18)11-3-4-12-13(17-11)10(14)6-15-12;/h3-8,15H,14H2,1-2H3;1H. The second kappa shape index (κ2) is 4.93. The third kappa shape index (κ3) is 2.29. The molecule has 3 rings (SSSR count). The summed E-state index contributed by atoms with van der Waals surface area (Å²) in [5.74, 6) is 0. The number of hydrogen-bond acceptors (Lipinski definition) is 3. The first kappa shape index (κ1) is 13.4. The maximum atomic E-state index is 5.86. The molecule has 0 amide bonds. The average molecular weight is 278 g/mol. The number of aromatic amines is 1. The van der Waals surface area contributed by atoms with E-state index in [1.54, 1.807) is 6.20 Å². The zero-order chi connectivity index (χ0) is 12.7. The van der Waals surface area contributed by atoms with Gasteiger partial charge in [0.25, 0.3) is 0 Å². The summed E-state index contributed by atoms with van der Waals surface area (Å²) in [6, 6.07) is 4.31. The highest BCUT2D eigenvalue weighted by molar-refractivity contribution is 5.89. The molecule has 3 N–H and O–H groups in total. The first-order valence-electron chi connectivity index (χ1n) is 5.93. The number of H-pyrrole nitrogens is 1. The van der Waals surface area contributed by atoms with E-state index in [1.807, 2.05) is 29.2 Å². The molecule has 0 saturated heterocycles. The molecule has 0 aliphatic rings. The number of nitrogen functional groups attached to an aromatic ring is 1. The second-order valence-electron chi connectivity index (χ2n) is 4.64. The van der Waals surface area contributed by atoms with Crippen molar-refractivity contribution >= 4 is 29.1 Å². The Bertz CT molecular complexity index is 698. The number of fused-ring (bicyclic) bond motifs is 1. The van der Waals surface area contributed by atoms with Crippen molar-refractivity contribution in [2.24, 2.45) is 0 Å². The van der Waals surface area contributed by atoms with Crippen LogP contribution in [-0.4, -0.2) is 19.7 Å². The molecule has 3 aromatic rings. The highest BCUT2D eigenvalue weighted by Gasteiger charge is 2.08. The Morgan fingerprint density at radius 3 is 2.79 bits per heavy atom. The van der Waals surface area contributed by atoms with Crippen molar-refractivity contribution in [3.8, 4) is 11.3 Å². The van der Waals surface area contributed by atoms with Crippen LogP contribution in [0.15, 0.2) is 30.7 Å². The Morgan fingerprint density at radius 2 is 2.11 bits per heavy atom. The molecule has 0 aliphatic heterocycles. The molecular formula is C13H16ClN5. The van der Waals surface area contributed by atoms with E-state index in [0.717, 1.165) is 22.3 Å². The van der Waals surface area contributed by atoms with E-state index in [1.165, 1.54) is 0 Å². The molecular weight excluding hydrogens is 262 g/mol. The van der Waals surface area contributed by atoms with Crippen molar-refractivity contribution in [2.75, 3.05) is 5.73 Å². The molecule has 3 aromatic heterocycles. The van der Waals surface area contributed by atoms with Gasteiger partial charge in [0.1, 0.15) is 5.52 Å². The lowest BCUT2D eigenvalue weighted by Crippen LogP contribution is -1.99. The van der Waals surface area contributed by atoms with Crippen LogP contribution in [0.1, 0.15) is 19.9 Å². The molecule has 0 unspecified atom stereocenters. The molecule has 100 valence electrons. The van der Waals surface area contributed by atoms with E-state index < -0.39 is 0 Å². The fourth-order valence-electron chi connectivity index (χ4n) is 1.93. The molecule has 0 aliphatic carbocycles. The topological polar surface area (TPSA) is 72.5 Å². The van der Waals surface area contributed by atoms with Crippen LogP contribution in [0.2, 0.25) is 0 Å². The van der Waals surface area contributed by atoms with Gasteiger partial charge in [-0.15, -0.1) is 12.4 Å². The van der Waals surface area contributed by atoms with Crippen LogP contribution in [0.4, 0.5) is 5.69 Å². The number of anilines is 1. The van der Waals surface area contributed by atoms with E-state index in [-0.39, 0.29) is 12.4 Å². The lowest BCUT2D eigenvalue weighted by molar-refractivity contribution is 0.532. The Kier molecular flexibility index (Phi) is 3.48. The fraction of sp³-hybridized carbons (Fsp3) is 0.231. The number of hydrogen-bond donors (Lipinski definition) is 2. The Balaban J connectivity index is 0.00000133. The minimum absolute atomic E-state index is 0. The van der Waals surface area contributed by atoms with Crippen LogP contribution in [0.5, 0.6) is 0 Å². The van der Waals surface area contributed by atoms with Crippen molar-refractivity contribution in [1.82, 2.24) is 19.7 Å². The molecule has 0 atom stereocenters. The number of nitrogens with one attached hydrogen (secondary N) is 1. The average Bonchev–Trinajstić information content (AvgIpc) is 2.96. The van der Waals surface area contributed by atoms with Gasteiger partial charge in [-0.2, -0.15) is 5.10 Å². The van der Waals surface area contributed by atoms with Gasteiger partial charge in [0, 0.05) is 24.0 Å². The summed E-state index contributed by atoms with van der Waals surface area (Å²) in [5.41, 5.74) is 10.2. The van der Waals surface area contributed by atoms with E-state index in [9.17, 15) is 0 Å². The van der Waals surface area contributed by atoms with E-state index in [0.29, 0.717) is 11.7 Å². The Hall–Kier alpha value is -2.01. The minimum atomic E-state index is 0. The molecule has 5 nitrogen and oxygen atoms in total. The van der Waals surface area contributed by atoms with Crippen molar-refractivity contribution in [3.63, 3.8) is 0 Å². The van der Waals surface area contributed by atoms with Gasteiger partial charge in [-0.3, -0.25) is 4.68 Å². The minimum Gasteiger partial charge on any atom is -0.396 e. The van der Waals surface area contributed by atoms with Gasteiger partial charge in [0.05, 0.1) is 23.1 Å². The molecule has 0 radical (unpaired) electrons. The SMILES string of the molecule is CC(C)n1cc(-c2ccc3[nH]cc(N)c3n2)cn1.Cl. The largest absolute Gasteiger partial charge is 0.396 e. The zero-order valence-corrected chi connectivity index (χ0v) is 11.6. The van der Waals surface area contributed by atoms with Crippen LogP contribution in [0, 0.1) is 0 Å². The van der Waals surface area contributed by atoms with Gasteiger partial charge in [-0.1, -0.05) is 0 Å². The van der Waals surface area contributed by atoms with Gasteiger partial charge in [0.15, 0.2) is 0 Å². The molecule has 6 heteroatoms. The van der Waals surface area contributed by atoms with Gasteiger partial charge in [0.2, 0.25) is 0 Å². The van der Waals surface area contributed by atoms with Crippen LogP contribution in [-0.2, 0) is 0 Å². The summed E-state index contributed by atoms with van der Waals surface area (Å²) >= 11 is 0. The monoisotopic (exact) mass is 277 g/mol. The predicted molar refractivity (Wildman–Crippen MR) is 79.4 cm³/mol. The van der Waals surface area contributed by atoms with Gasteiger partial charge in [-0.05, 0) is 26.0 Å². The molecule has 0 bridgehead atoms. The lowest BCUT2D eigenvalue weighted by Gasteiger charge is -2.03. The first-order valence-corrected chi connectivity index (χ1v) is 5.93. The summed E-state index contributed by atoms with van der Waals surface area (Å²) in [7, 11) is 0. The number of rotatable bonds is 2. The van der Waals surface area contributed by atoms with E-state index in [4.69, 9.17) is 5.73 Å². The van der Waals surface area contributed by atoms with Gasteiger partial charge in [-0.25, -0.2) is 4.98 Å². The van der Waals surface area contributed by atoms with Crippen molar-refractivity contribution in [1.29, 1.82) is 0 Å². The van der Waals surface area contributed by atoms with Crippen LogP contribution in [0.3, 0.4) is 0 Å². The highest BCUT2D eigenvalue weighted by Crippen LogP contribution is 2.24. The maximum Gasteiger partial charge on any atom is 0.112 e. The first-order chi connectivity index (χ1) is 8.65. The van der Waals surface area contributed by atoms with Crippen LogP contribution in [0.25, 0.3) is 22.3 Å². The summed E-state index contributed by atoms with van der Waals surface area (Å²) in [6.07, 6.45) is 5.59. The Labute approximate surface area is 117 Å². The van der Waals surface area contributed by atoms with Crippen molar-refractivity contribution < 1.29 is 0 Å². The number of nitrogens with two attached hydrogens (primary N) is 1. The van der Waals surface area contributed by atoms with Gasteiger partial charge < -0.3 is 10.7 Å². The number of halogens is 1. The van der Waals surface area contributed by atoms with Crippen molar-refractivity contribution in [2.45, 2.75) is 19.9 Å². The third-order valence-electron chi connectivity index (χ3n) is 2.98. The highest BCUT2D eigenvalue weighted by atomic mass is 35.5. The normalized spacial score (nSPS) is 10.9. The third-order valence-corrected chi connectivity index (χ3v) is 2.98. The number of nitrogens with zero attached hydrogens (tertiary/aromatic N) is 3. The predicted octanol–water partition coefficient (Wildman–Crippen LogP) is 3.01. The fourth-order valence-corrected chi connectivity index (χ4v) is 1.93. The molecule has 0 aromatic carbocycles. The zero-order valence-electron chi connectivity index (χ0n) is 10.8. The molecule has 3 heterocycles. The summed E-state index contributed by atoms with van der Waals surface area (Å²) < 4.78 is 1.92. The Morgan fingerprint density at radius 1 is 1.32 bits per heavy atom. The number of pyridine rings is 1.